The maximum atomic E-state index is 5.06. The van der Waals surface area contributed by atoms with Gasteiger partial charge in [0.1, 0.15) is 0 Å². The van der Waals surface area contributed by atoms with Gasteiger partial charge in [0.15, 0.2) is 0 Å². The second kappa shape index (κ2) is 4.31. The van der Waals surface area contributed by atoms with E-state index in [0.29, 0.717) is 0 Å². The molecule has 0 amide bonds. The van der Waals surface area contributed by atoms with Gasteiger partial charge in [0.2, 0.25) is 0 Å². The summed E-state index contributed by atoms with van der Waals surface area (Å²) in [4.78, 5) is 0. The molecule has 0 aliphatic heterocycles. The van der Waals surface area contributed by atoms with Crippen molar-refractivity contribution in [2.75, 3.05) is 7.05 Å². The molecule has 15 heavy (non-hydrogen) atoms. The summed E-state index contributed by atoms with van der Waals surface area (Å²) >= 11 is 0. The highest BCUT2D eigenvalue weighted by molar-refractivity contribution is 5.14. The molecule has 1 atom stereocenters. The van der Waals surface area contributed by atoms with Gasteiger partial charge in [-0.2, -0.15) is 5.10 Å². The Bertz CT molecular complexity index is 405. The second-order valence-corrected chi connectivity index (χ2v) is 3.56. The lowest BCUT2D eigenvalue weighted by Crippen LogP contribution is -2.21. The molecule has 0 fully saturated rings. The summed E-state index contributed by atoms with van der Waals surface area (Å²) in [5.74, 6) is 0. The smallest absolute Gasteiger partial charge is 0.0935 e. The summed E-state index contributed by atoms with van der Waals surface area (Å²) in [5.41, 5.74) is 2.37. The van der Waals surface area contributed by atoms with Gasteiger partial charge < -0.3 is 9.73 Å². The van der Waals surface area contributed by atoms with E-state index in [2.05, 4.69) is 10.4 Å². The van der Waals surface area contributed by atoms with Crippen molar-refractivity contribution in [1.29, 1.82) is 0 Å². The van der Waals surface area contributed by atoms with Crippen LogP contribution in [0.25, 0.3) is 0 Å². The third-order valence-electron chi connectivity index (χ3n) is 2.58. The van der Waals surface area contributed by atoms with Crippen LogP contribution in [0.1, 0.15) is 17.3 Å². The monoisotopic (exact) mass is 205 g/mol. The van der Waals surface area contributed by atoms with E-state index < -0.39 is 0 Å². The highest BCUT2D eigenvalue weighted by Crippen LogP contribution is 2.17. The van der Waals surface area contributed by atoms with Gasteiger partial charge in [-0.25, -0.2) is 0 Å². The maximum Gasteiger partial charge on any atom is 0.0935 e. The fourth-order valence-corrected chi connectivity index (χ4v) is 1.72. The summed E-state index contributed by atoms with van der Waals surface area (Å²) in [6.45, 7) is 0. The molecule has 0 radical (unpaired) electrons. The number of furan rings is 1. The van der Waals surface area contributed by atoms with Crippen LogP contribution in [-0.4, -0.2) is 16.8 Å². The van der Waals surface area contributed by atoms with Gasteiger partial charge in [-0.15, -0.1) is 0 Å². The number of likely N-dealkylation sites (N-methyl/N-ethyl adjacent to an activating group) is 1. The molecule has 0 spiro atoms. The SMILES string of the molecule is CNC(Cc1ccoc1)c1ccnn1C. The predicted octanol–water partition coefficient (Wildman–Crippen LogP) is 1.52. The maximum absolute atomic E-state index is 5.06. The lowest BCUT2D eigenvalue weighted by atomic mass is 10.1. The van der Waals surface area contributed by atoms with Gasteiger partial charge in [-0.3, -0.25) is 4.68 Å². The summed E-state index contributed by atoms with van der Waals surface area (Å²) in [6.07, 6.45) is 6.20. The molecule has 0 bridgehead atoms. The molecule has 80 valence electrons. The molecular weight excluding hydrogens is 190 g/mol. The first kappa shape index (κ1) is 9.98. The molecule has 0 aliphatic rings. The molecule has 0 aliphatic carbocycles. The fourth-order valence-electron chi connectivity index (χ4n) is 1.72. The lowest BCUT2D eigenvalue weighted by molar-refractivity contribution is 0.527. The highest BCUT2D eigenvalue weighted by Gasteiger charge is 2.13. The zero-order valence-electron chi connectivity index (χ0n) is 8.97. The second-order valence-electron chi connectivity index (χ2n) is 3.56. The van der Waals surface area contributed by atoms with Gasteiger partial charge >= 0.3 is 0 Å². The van der Waals surface area contributed by atoms with E-state index in [9.17, 15) is 0 Å². The highest BCUT2D eigenvalue weighted by atomic mass is 16.3. The van der Waals surface area contributed by atoms with Crippen LogP contribution in [0.5, 0.6) is 0 Å². The van der Waals surface area contributed by atoms with E-state index in [-0.39, 0.29) is 6.04 Å². The van der Waals surface area contributed by atoms with Crippen molar-refractivity contribution in [2.24, 2.45) is 7.05 Å². The molecule has 2 aromatic heterocycles. The average Bonchev–Trinajstić information content (AvgIpc) is 2.85. The van der Waals surface area contributed by atoms with Gasteiger partial charge in [0.05, 0.1) is 24.3 Å². The average molecular weight is 205 g/mol. The van der Waals surface area contributed by atoms with Gasteiger partial charge in [-0.1, -0.05) is 0 Å². The molecule has 1 N–H and O–H groups in total. The van der Waals surface area contributed by atoms with Crippen LogP contribution < -0.4 is 5.32 Å². The Morgan fingerprint density at radius 3 is 2.93 bits per heavy atom. The van der Waals surface area contributed by atoms with Crippen LogP contribution in [0.4, 0.5) is 0 Å². The largest absolute Gasteiger partial charge is 0.472 e. The zero-order valence-corrected chi connectivity index (χ0v) is 8.97. The van der Waals surface area contributed by atoms with Crippen molar-refractivity contribution in [2.45, 2.75) is 12.5 Å². The summed E-state index contributed by atoms with van der Waals surface area (Å²) < 4.78 is 6.95. The number of nitrogens with zero attached hydrogens (tertiary/aromatic N) is 2. The van der Waals surface area contributed by atoms with Crippen LogP contribution in [0.3, 0.4) is 0 Å². The van der Waals surface area contributed by atoms with Crippen LogP contribution >= 0.6 is 0 Å². The van der Waals surface area contributed by atoms with Gasteiger partial charge in [-0.05, 0) is 31.2 Å². The lowest BCUT2D eigenvalue weighted by Gasteiger charge is -2.15. The van der Waals surface area contributed by atoms with Gasteiger partial charge in [0, 0.05) is 13.2 Å². The zero-order chi connectivity index (χ0) is 10.7. The number of aryl methyl sites for hydroxylation is 1. The molecule has 0 aromatic carbocycles. The van der Waals surface area contributed by atoms with E-state index in [1.165, 1.54) is 11.3 Å². The van der Waals surface area contributed by atoms with Crippen molar-refractivity contribution >= 4 is 0 Å². The third kappa shape index (κ3) is 2.10. The van der Waals surface area contributed by atoms with E-state index in [4.69, 9.17) is 4.42 Å². The van der Waals surface area contributed by atoms with Crippen LogP contribution in [-0.2, 0) is 13.5 Å². The summed E-state index contributed by atoms with van der Waals surface area (Å²) in [7, 11) is 3.91. The van der Waals surface area contributed by atoms with E-state index >= 15 is 0 Å². The van der Waals surface area contributed by atoms with Crippen molar-refractivity contribution in [3.8, 4) is 0 Å². The number of hydrogen-bond acceptors (Lipinski definition) is 3. The number of aromatic nitrogens is 2. The van der Waals surface area contributed by atoms with Crippen molar-refractivity contribution < 1.29 is 4.42 Å². The minimum atomic E-state index is 0.273. The molecule has 2 rings (SSSR count). The molecule has 2 heterocycles. The first-order chi connectivity index (χ1) is 7.31. The molecular formula is C11H15N3O. The van der Waals surface area contributed by atoms with E-state index in [0.717, 1.165) is 6.42 Å². The molecule has 0 saturated heterocycles. The molecule has 4 heteroatoms. The molecule has 2 aromatic rings. The predicted molar refractivity (Wildman–Crippen MR) is 57.4 cm³/mol. The van der Waals surface area contributed by atoms with E-state index in [1.807, 2.05) is 37.1 Å². The summed E-state index contributed by atoms with van der Waals surface area (Å²) in [5, 5.41) is 7.45. The van der Waals surface area contributed by atoms with Crippen LogP contribution in [0.2, 0.25) is 0 Å². The third-order valence-corrected chi connectivity index (χ3v) is 2.58. The minimum absolute atomic E-state index is 0.273. The Hall–Kier alpha value is -1.55. The molecule has 0 saturated carbocycles. The van der Waals surface area contributed by atoms with Crippen LogP contribution in [0.15, 0.2) is 35.3 Å². The Labute approximate surface area is 88.9 Å². The number of rotatable bonds is 4. The van der Waals surface area contributed by atoms with Crippen molar-refractivity contribution in [3.63, 3.8) is 0 Å². The Kier molecular flexibility index (Phi) is 2.87. The fraction of sp³-hybridized carbons (Fsp3) is 0.364. The topological polar surface area (TPSA) is 43.0 Å². The van der Waals surface area contributed by atoms with E-state index in [1.54, 1.807) is 12.5 Å². The Balaban J connectivity index is 2.15. The number of nitrogens with one attached hydrogen (secondary N) is 1. The van der Waals surface area contributed by atoms with Crippen molar-refractivity contribution in [3.05, 3.63) is 42.1 Å². The van der Waals surface area contributed by atoms with Crippen molar-refractivity contribution in [1.82, 2.24) is 15.1 Å². The quantitative estimate of drug-likeness (QED) is 0.822. The molecule has 1 unspecified atom stereocenters. The first-order valence-corrected chi connectivity index (χ1v) is 4.97. The number of hydrogen-bond donors (Lipinski definition) is 1. The standard InChI is InChI=1S/C11H15N3O/c1-12-10(7-9-4-6-15-8-9)11-3-5-13-14(11)2/h3-6,8,10,12H,7H2,1-2H3. The normalized spacial score (nSPS) is 12.9. The first-order valence-electron chi connectivity index (χ1n) is 4.97. The minimum Gasteiger partial charge on any atom is -0.472 e. The Morgan fingerprint density at radius 2 is 2.40 bits per heavy atom. The van der Waals surface area contributed by atoms with Gasteiger partial charge in [0.25, 0.3) is 0 Å². The Morgan fingerprint density at radius 1 is 1.53 bits per heavy atom. The molecule has 4 nitrogen and oxygen atoms in total. The van der Waals surface area contributed by atoms with Crippen LogP contribution in [0, 0.1) is 0 Å². The summed E-state index contributed by atoms with van der Waals surface area (Å²) in [6, 6.07) is 4.29.